The van der Waals surface area contributed by atoms with Gasteiger partial charge in [0, 0.05) is 37.6 Å². The lowest BCUT2D eigenvalue weighted by molar-refractivity contribution is 0.191. The molecule has 0 spiro atoms. The molecule has 3 heteroatoms. The van der Waals surface area contributed by atoms with E-state index in [1.165, 1.54) is 37.7 Å². The Labute approximate surface area is 117 Å². The highest BCUT2D eigenvalue weighted by atomic mass is 15.1. The number of aromatic nitrogens is 1. The van der Waals surface area contributed by atoms with Crippen molar-refractivity contribution in [3.8, 4) is 0 Å². The van der Waals surface area contributed by atoms with Crippen LogP contribution in [0.25, 0.3) is 0 Å². The first-order valence-corrected chi connectivity index (χ1v) is 7.61. The molecule has 0 bridgehead atoms. The first-order chi connectivity index (χ1) is 9.27. The van der Waals surface area contributed by atoms with Gasteiger partial charge in [0.2, 0.25) is 0 Å². The predicted molar refractivity (Wildman–Crippen MR) is 80.2 cm³/mol. The van der Waals surface area contributed by atoms with E-state index in [1.54, 1.807) is 0 Å². The van der Waals surface area contributed by atoms with Crippen LogP contribution in [0.4, 0.5) is 0 Å². The van der Waals surface area contributed by atoms with Crippen LogP contribution in [0.1, 0.15) is 50.6 Å². The molecular formula is C16H27N3. The minimum Gasteiger partial charge on any atom is -0.309 e. The monoisotopic (exact) mass is 261 g/mol. The third kappa shape index (κ3) is 4.59. The third-order valence-electron chi connectivity index (χ3n) is 4.32. The molecule has 19 heavy (non-hydrogen) atoms. The zero-order valence-corrected chi connectivity index (χ0v) is 12.3. The lowest BCUT2D eigenvalue weighted by atomic mass is 9.94. The molecule has 0 radical (unpaired) electrons. The Bertz CT molecular complexity index is 346. The number of rotatable bonds is 6. The van der Waals surface area contributed by atoms with E-state index < -0.39 is 0 Å². The summed E-state index contributed by atoms with van der Waals surface area (Å²) in [6.07, 6.45) is 10.8. The van der Waals surface area contributed by atoms with Crippen molar-refractivity contribution in [2.75, 3.05) is 20.1 Å². The molecule has 0 amide bonds. The molecule has 1 aliphatic carbocycles. The summed E-state index contributed by atoms with van der Waals surface area (Å²) < 4.78 is 0. The highest BCUT2D eigenvalue weighted by molar-refractivity contribution is 5.13. The summed E-state index contributed by atoms with van der Waals surface area (Å²) in [4.78, 5) is 6.59. The van der Waals surface area contributed by atoms with Crippen LogP contribution in [0.3, 0.4) is 0 Å². The van der Waals surface area contributed by atoms with Gasteiger partial charge in [0.15, 0.2) is 0 Å². The standard InChI is InChI=1S/C16H27N3/c1-14(15-8-10-17-11-9-15)18-12-13-19(2)16-6-4-3-5-7-16/h8-11,14,16,18H,3-7,12-13H2,1-2H3/t14-/m1/s1. The van der Waals surface area contributed by atoms with Crippen molar-refractivity contribution in [2.45, 2.75) is 51.1 Å². The smallest absolute Gasteiger partial charge is 0.0293 e. The molecule has 1 atom stereocenters. The normalized spacial score (nSPS) is 18.7. The van der Waals surface area contributed by atoms with E-state index in [0.29, 0.717) is 6.04 Å². The summed E-state index contributed by atoms with van der Waals surface area (Å²) >= 11 is 0. The van der Waals surface area contributed by atoms with Crippen LogP contribution < -0.4 is 5.32 Å². The molecule has 1 aromatic heterocycles. The highest BCUT2D eigenvalue weighted by Gasteiger charge is 2.17. The summed E-state index contributed by atoms with van der Waals surface area (Å²) in [5.74, 6) is 0. The first-order valence-electron chi connectivity index (χ1n) is 7.61. The van der Waals surface area contributed by atoms with Crippen molar-refractivity contribution < 1.29 is 0 Å². The fraction of sp³-hybridized carbons (Fsp3) is 0.688. The molecule has 106 valence electrons. The zero-order chi connectivity index (χ0) is 13.5. The molecule has 1 fully saturated rings. The zero-order valence-electron chi connectivity index (χ0n) is 12.3. The number of hydrogen-bond acceptors (Lipinski definition) is 3. The SMILES string of the molecule is C[C@@H](NCCN(C)C1CCCCC1)c1ccncc1. The molecule has 1 aliphatic rings. The Morgan fingerprint density at radius 2 is 1.95 bits per heavy atom. The Morgan fingerprint density at radius 1 is 1.26 bits per heavy atom. The van der Waals surface area contributed by atoms with Gasteiger partial charge in [0.1, 0.15) is 0 Å². The first kappa shape index (κ1) is 14.5. The van der Waals surface area contributed by atoms with Gasteiger partial charge in [0.05, 0.1) is 0 Å². The molecule has 0 aliphatic heterocycles. The van der Waals surface area contributed by atoms with Crippen LogP contribution in [-0.2, 0) is 0 Å². The van der Waals surface area contributed by atoms with Crippen molar-refractivity contribution in [2.24, 2.45) is 0 Å². The van der Waals surface area contributed by atoms with Gasteiger partial charge in [-0.05, 0) is 44.5 Å². The second-order valence-corrected chi connectivity index (χ2v) is 5.73. The Kier molecular flexibility index (Phi) is 5.80. The highest BCUT2D eigenvalue weighted by Crippen LogP contribution is 2.21. The Balaban J connectivity index is 1.68. The van der Waals surface area contributed by atoms with E-state index in [2.05, 4.69) is 41.3 Å². The number of nitrogens with zero attached hydrogens (tertiary/aromatic N) is 2. The van der Waals surface area contributed by atoms with Crippen LogP contribution in [0.2, 0.25) is 0 Å². The average Bonchev–Trinajstić information content (AvgIpc) is 2.49. The molecule has 0 saturated heterocycles. The molecule has 1 heterocycles. The van der Waals surface area contributed by atoms with Crippen LogP contribution in [-0.4, -0.2) is 36.1 Å². The second kappa shape index (κ2) is 7.61. The summed E-state index contributed by atoms with van der Waals surface area (Å²) in [5.41, 5.74) is 1.32. The van der Waals surface area contributed by atoms with Crippen molar-refractivity contribution in [3.63, 3.8) is 0 Å². The topological polar surface area (TPSA) is 28.2 Å². The molecule has 0 aromatic carbocycles. The van der Waals surface area contributed by atoms with Gasteiger partial charge >= 0.3 is 0 Å². The fourth-order valence-electron chi connectivity index (χ4n) is 2.93. The molecular weight excluding hydrogens is 234 g/mol. The maximum atomic E-state index is 4.06. The van der Waals surface area contributed by atoms with Crippen LogP contribution in [0.15, 0.2) is 24.5 Å². The number of nitrogens with one attached hydrogen (secondary N) is 1. The fourth-order valence-corrected chi connectivity index (χ4v) is 2.93. The van der Waals surface area contributed by atoms with Crippen molar-refractivity contribution in [3.05, 3.63) is 30.1 Å². The largest absolute Gasteiger partial charge is 0.309 e. The number of pyridine rings is 1. The van der Waals surface area contributed by atoms with E-state index in [0.717, 1.165) is 19.1 Å². The van der Waals surface area contributed by atoms with Gasteiger partial charge in [-0.2, -0.15) is 0 Å². The summed E-state index contributed by atoms with van der Waals surface area (Å²) in [5, 5.41) is 3.60. The Morgan fingerprint density at radius 3 is 2.63 bits per heavy atom. The van der Waals surface area contributed by atoms with Crippen molar-refractivity contribution >= 4 is 0 Å². The van der Waals surface area contributed by atoms with Gasteiger partial charge < -0.3 is 10.2 Å². The maximum absolute atomic E-state index is 4.06. The molecule has 1 aromatic rings. The van der Waals surface area contributed by atoms with Gasteiger partial charge in [-0.25, -0.2) is 0 Å². The molecule has 1 N–H and O–H groups in total. The van der Waals surface area contributed by atoms with Gasteiger partial charge in [-0.1, -0.05) is 19.3 Å². The molecule has 3 nitrogen and oxygen atoms in total. The maximum Gasteiger partial charge on any atom is 0.0293 e. The van der Waals surface area contributed by atoms with E-state index in [9.17, 15) is 0 Å². The van der Waals surface area contributed by atoms with E-state index in [4.69, 9.17) is 0 Å². The van der Waals surface area contributed by atoms with Crippen LogP contribution in [0.5, 0.6) is 0 Å². The lowest BCUT2D eigenvalue weighted by Gasteiger charge is -2.31. The minimum atomic E-state index is 0.405. The lowest BCUT2D eigenvalue weighted by Crippen LogP contribution is -2.38. The average molecular weight is 261 g/mol. The van der Waals surface area contributed by atoms with Crippen molar-refractivity contribution in [1.29, 1.82) is 0 Å². The quantitative estimate of drug-likeness (QED) is 0.853. The van der Waals surface area contributed by atoms with Gasteiger partial charge in [-0.15, -0.1) is 0 Å². The summed E-state index contributed by atoms with van der Waals surface area (Å²) in [7, 11) is 2.27. The predicted octanol–water partition coefficient (Wildman–Crippen LogP) is 3.00. The molecule has 0 unspecified atom stereocenters. The van der Waals surface area contributed by atoms with Gasteiger partial charge in [-0.3, -0.25) is 4.98 Å². The van der Waals surface area contributed by atoms with E-state index in [1.807, 2.05) is 12.4 Å². The number of likely N-dealkylation sites (N-methyl/N-ethyl adjacent to an activating group) is 1. The van der Waals surface area contributed by atoms with E-state index in [-0.39, 0.29) is 0 Å². The summed E-state index contributed by atoms with van der Waals surface area (Å²) in [6.45, 7) is 4.41. The minimum absolute atomic E-state index is 0.405. The Hall–Kier alpha value is -0.930. The van der Waals surface area contributed by atoms with Crippen LogP contribution in [0, 0.1) is 0 Å². The number of hydrogen-bond donors (Lipinski definition) is 1. The van der Waals surface area contributed by atoms with Gasteiger partial charge in [0.25, 0.3) is 0 Å². The second-order valence-electron chi connectivity index (χ2n) is 5.73. The molecule has 2 rings (SSSR count). The van der Waals surface area contributed by atoms with Crippen molar-refractivity contribution in [1.82, 2.24) is 15.2 Å². The molecule has 1 saturated carbocycles. The van der Waals surface area contributed by atoms with Crippen LogP contribution >= 0.6 is 0 Å². The summed E-state index contributed by atoms with van der Waals surface area (Å²) in [6, 6.07) is 5.39. The third-order valence-corrected chi connectivity index (χ3v) is 4.32. The van der Waals surface area contributed by atoms with E-state index >= 15 is 0 Å².